The normalized spacial score (nSPS) is 21.2. The van der Waals surface area contributed by atoms with Crippen LogP contribution in [0.2, 0.25) is 0 Å². The Morgan fingerprint density at radius 3 is 2.95 bits per heavy atom. The quantitative estimate of drug-likeness (QED) is 0.894. The Morgan fingerprint density at radius 1 is 1.58 bits per heavy atom. The zero-order chi connectivity index (χ0) is 14.0. The molecule has 0 spiro atoms. The Kier molecular flexibility index (Phi) is 4.47. The van der Waals surface area contributed by atoms with Gasteiger partial charge >= 0.3 is 0 Å². The van der Waals surface area contributed by atoms with E-state index in [9.17, 15) is 9.90 Å². The van der Waals surface area contributed by atoms with Gasteiger partial charge in [-0.2, -0.15) is 0 Å². The molecule has 2 atom stereocenters. The smallest absolute Gasteiger partial charge is 0.222 e. The Labute approximate surface area is 121 Å². The molecule has 2 rings (SSSR count). The number of carbonyl (C=O) groups excluding carboxylic acids is 1. The summed E-state index contributed by atoms with van der Waals surface area (Å²) in [5, 5.41) is 9.90. The molecule has 0 aromatic heterocycles. The van der Waals surface area contributed by atoms with Crippen LogP contribution in [0.5, 0.6) is 0 Å². The Bertz CT molecular complexity index is 477. The number of halogens is 1. The van der Waals surface area contributed by atoms with Gasteiger partial charge in [-0.15, -0.1) is 0 Å². The highest BCUT2D eigenvalue weighted by Crippen LogP contribution is 2.32. The van der Waals surface area contributed by atoms with Crippen molar-refractivity contribution in [2.75, 3.05) is 18.0 Å². The first-order chi connectivity index (χ1) is 8.99. The molecule has 1 fully saturated rings. The summed E-state index contributed by atoms with van der Waals surface area (Å²) in [5.74, 6) is -0.334. The van der Waals surface area contributed by atoms with Crippen LogP contribution in [0, 0.1) is 5.92 Å². The first-order valence-corrected chi connectivity index (χ1v) is 7.30. The zero-order valence-electron chi connectivity index (χ0n) is 11.0. The van der Waals surface area contributed by atoms with Crippen LogP contribution in [-0.4, -0.2) is 24.1 Å². The number of nitrogens with two attached hydrogens (primary N) is 1. The van der Waals surface area contributed by atoms with E-state index < -0.39 is 6.10 Å². The van der Waals surface area contributed by atoms with Crippen molar-refractivity contribution >= 4 is 27.5 Å². The number of aliphatic hydroxyl groups excluding tert-OH is 1. The molecule has 0 aliphatic carbocycles. The van der Waals surface area contributed by atoms with E-state index in [4.69, 9.17) is 5.73 Å². The number of carbonyl (C=O) groups is 1. The zero-order valence-corrected chi connectivity index (χ0v) is 12.6. The van der Waals surface area contributed by atoms with Gasteiger partial charge in [-0.1, -0.05) is 15.9 Å². The number of piperidine rings is 1. The van der Waals surface area contributed by atoms with Gasteiger partial charge in [0.05, 0.1) is 12.0 Å². The summed E-state index contributed by atoms with van der Waals surface area (Å²) >= 11 is 3.42. The Hall–Kier alpha value is -1.07. The summed E-state index contributed by atoms with van der Waals surface area (Å²) in [6.07, 6.45) is 1.26. The molecule has 0 bridgehead atoms. The number of hydrogen-bond acceptors (Lipinski definition) is 3. The number of anilines is 1. The van der Waals surface area contributed by atoms with Gasteiger partial charge in [-0.05, 0) is 38.0 Å². The number of nitrogens with zero attached hydrogens (tertiary/aromatic N) is 1. The maximum Gasteiger partial charge on any atom is 0.222 e. The molecule has 3 N–H and O–H groups in total. The molecule has 1 saturated heterocycles. The molecule has 1 aliphatic heterocycles. The van der Waals surface area contributed by atoms with Gasteiger partial charge in [0, 0.05) is 28.8 Å². The van der Waals surface area contributed by atoms with Crippen LogP contribution in [0.1, 0.15) is 31.4 Å². The molecular formula is C14H19BrN2O2. The minimum absolute atomic E-state index is 0.0979. The number of primary amides is 1. The molecule has 1 aromatic rings. The van der Waals surface area contributed by atoms with Crippen molar-refractivity contribution < 1.29 is 9.90 Å². The maximum absolute atomic E-state index is 11.3. The maximum atomic E-state index is 11.3. The van der Waals surface area contributed by atoms with Crippen molar-refractivity contribution in [1.29, 1.82) is 0 Å². The van der Waals surface area contributed by atoms with Crippen molar-refractivity contribution in [3.8, 4) is 0 Å². The largest absolute Gasteiger partial charge is 0.389 e. The average Bonchev–Trinajstić information content (AvgIpc) is 2.38. The summed E-state index contributed by atoms with van der Waals surface area (Å²) in [4.78, 5) is 13.5. The lowest BCUT2D eigenvalue weighted by atomic mass is 9.96. The molecule has 4 nitrogen and oxygen atoms in total. The van der Waals surface area contributed by atoms with Gasteiger partial charge < -0.3 is 15.7 Å². The average molecular weight is 327 g/mol. The lowest BCUT2D eigenvalue weighted by Gasteiger charge is -2.34. The van der Waals surface area contributed by atoms with Gasteiger partial charge in [-0.25, -0.2) is 0 Å². The van der Waals surface area contributed by atoms with E-state index in [2.05, 4.69) is 20.8 Å². The van der Waals surface area contributed by atoms with E-state index in [0.717, 1.165) is 35.1 Å². The number of aliphatic hydroxyl groups is 1. The van der Waals surface area contributed by atoms with Crippen LogP contribution in [0.15, 0.2) is 22.7 Å². The lowest BCUT2D eigenvalue weighted by molar-refractivity contribution is -0.122. The number of amides is 1. The predicted molar refractivity (Wildman–Crippen MR) is 78.9 cm³/mol. The topological polar surface area (TPSA) is 66.6 Å². The standard InChI is InChI=1S/C14H19BrN2O2/c1-9(18)12-7-11(15)4-5-13(12)17-6-2-3-10(8-17)14(16)19/h4-5,7,9-10,18H,2-3,6,8H2,1H3,(H2,16,19). The van der Waals surface area contributed by atoms with Crippen molar-refractivity contribution in [1.82, 2.24) is 0 Å². The fraction of sp³-hybridized carbons (Fsp3) is 0.500. The molecule has 1 aliphatic rings. The predicted octanol–water partition coefficient (Wildman–Crippen LogP) is 2.20. The van der Waals surface area contributed by atoms with E-state index in [1.54, 1.807) is 6.92 Å². The minimum atomic E-state index is -0.540. The molecule has 0 saturated carbocycles. The summed E-state index contributed by atoms with van der Waals surface area (Å²) in [7, 11) is 0. The molecular weight excluding hydrogens is 308 g/mol. The third kappa shape index (κ3) is 3.28. The van der Waals surface area contributed by atoms with Crippen LogP contribution in [0.4, 0.5) is 5.69 Å². The Morgan fingerprint density at radius 2 is 2.32 bits per heavy atom. The molecule has 1 heterocycles. The number of rotatable bonds is 3. The van der Waals surface area contributed by atoms with Gasteiger partial charge in [0.15, 0.2) is 0 Å². The highest BCUT2D eigenvalue weighted by atomic mass is 79.9. The third-order valence-electron chi connectivity index (χ3n) is 3.60. The number of hydrogen-bond donors (Lipinski definition) is 2. The molecule has 19 heavy (non-hydrogen) atoms. The second-order valence-corrected chi connectivity index (χ2v) is 5.98. The SMILES string of the molecule is CC(O)c1cc(Br)ccc1N1CCCC(C(N)=O)C1. The first kappa shape index (κ1) is 14.3. The molecule has 1 aromatic carbocycles. The summed E-state index contributed by atoms with van der Waals surface area (Å²) < 4.78 is 0.940. The summed E-state index contributed by atoms with van der Waals surface area (Å²) in [6.45, 7) is 3.28. The van der Waals surface area contributed by atoms with E-state index in [1.165, 1.54) is 0 Å². The van der Waals surface area contributed by atoms with E-state index in [0.29, 0.717) is 6.54 Å². The molecule has 2 unspecified atom stereocenters. The van der Waals surface area contributed by atoms with Crippen molar-refractivity contribution in [2.45, 2.75) is 25.9 Å². The van der Waals surface area contributed by atoms with Gasteiger partial charge in [0.25, 0.3) is 0 Å². The molecule has 1 amide bonds. The van der Waals surface area contributed by atoms with Gasteiger partial charge in [-0.3, -0.25) is 4.79 Å². The van der Waals surface area contributed by atoms with Crippen molar-refractivity contribution in [3.63, 3.8) is 0 Å². The highest BCUT2D eigenvalue weighted by Gasteiger charge is 2.25. The van der Waals surface area contributed by atoms with E-state index in [1.807, 2.05) is 18.2 Å². The second-order valence-electron chi connectivity index (χ2n) is 5.07. The highest BCUT2D eigenvalue weighted by molar-refractivity contribution is 9.10. The molecule has 0 radical (unpaired) electrons. The number of benzene rings is 1. The van der Waals surface area contributed by atoms with Crippen LogP contribution in [0.3, 0.4) is 0 Å². The van der Waals surface area contributed by atoms with Crippen LogP contribution >= 0.6 is 15.9 Å². The van der Waals surface area contributed by atoms with Crippen LogP contribution < -0.4 is 10.6 Å². The Balaban J connectivity index is 2.28. The molecule has 104 valence electrons. The van der Waals surface area contributed by atoms with Crippen LogP contribution in [0.25, 0.3) is 0 Å². The van der Waals surface area contributed by atoms with E-state index >= 15 is 0 Å². The monoisotopic (exact) mass is 326 g/mol. The van der Waals surface area contributed by atoms with Gasteiger partial charge in [0.1, 0.15) is 0 Å². The fourth-order valence-corrected chi connectivity index (χ4v) is 2.95. The second kappa shape index (κ2) is 5.92. The van der Waals surface area contributed by atoms with Gasteiger partial charge in [0.2, 0.25) is 5.91 Å². The van der Waals surface area contributed by atoms with Crippen molar-refractivity contribution in [3.05, 3.63) is 28.2 Å². The van der Waals surface area contributed by atoms with Crippen LogP contribution in [-0.2, 0) is 4.79 Å². The van der Waals surface area contributed by atoms with E-state index in [-0.39, 0.29) is 11.8 Å². The summed E-state index contributed by atoms with van der Waals surface area (Å²) in [5.41, 5.74) is 7.27. The molecule has 5 heteroatoms. The fourth-order valence-electron chi connectivity index (χ4n) is 2.58. The minimum Gasteiger partial charge on any atom is -0.389 e. The third-order valence-corrected chi connectivity index (χ3v) is 4.10. The van der Waals surface area contributed by atoms with Crippen molar-refractivity contribution in [2.24, 2.45) is 11.7 Å². The lowest BCUT2D eigenvalue weighted by Crippen LogP contribution is -2.41. The first-order valence-electron chi connectivity index (χ1n) is 6.51. The summed E-state index contributed by atoms with van der Waals surface area (Å²) in [6, 6.07) is 5.86.